The molecule has 0 fully saturated rings. The highest BCUT2D eigenvalue weighted by atomic mass is 35.5. The van der Waals surface area contributed by atoms with Gasteiger partial charge in [-0.25, -0.2) is 0 Å². The lowest BCUT2D eigenvalue weighted by Gasteiger charge is -2.19. The van der Waals surface area contributed by atoms with E-state index in [9.17, 15) is 0 Å². The van der Waals surface area contributed by atoms with Gasteiger partial charge in [0.05, 0.1) is 0 Å². The molecule has 0 saturated heterocycles. The topological polar surface area (TPSA) is 12.0 Å². The van der Waals surface area contributed by atoms with Crippen molar-refractivity contribution in [2.75, 3.05) is 12.3 Å². The van der Waals surface area contributed by atoms with E-state index in [1.54, 1.807) is 0 Å². The first-order valence-electron chi connectivity index (χ1n) is 5.74. The maximum Gasteiger partial charge on any atom is 0.0412 e. The Balaban J connectivity index is 2.68. The van der Waals surface area contributed by atoms with Crippen molar-refractivity contribution < 1.29 is 0 Å². The molecule has 1 nitrogen and oxygen atoms in total. The third kappa shape index (κ3) is 4.77. The number of thioether (sulfide) groups is 1. The lowest BCUT2D eigenvalue weighted by atomic mass is 10.1. The van der Waals surface area contributed by atoms with Crippen LogP contribution in [0.4, 0.5) is 0 Å². The molecule has 1 unspecified atom stereocenters. The molecular formula is C13H20ClNS. The van der Waals surface area contributed by atoms with Crippen molar-refractivity contribution in [1.29, 1.82) is 0 Å². The summed E-state index contributed by atoms with van der Waals surface area (Å²) in [7, 11) is 0. The molecule has 1 aromatic carbocycles. The van der Waals surface area contributed by atoms with Crippen molar-refractivity contribution >= 4 is 23.4 Å². The zero-order chi connectivity index (χ0) is 12.0. The number of benzene rings is 1. The Labute approximate surface area is 108 Å². The van der Waals surface area contributed by atoms with Gasteiger partial charge in [-0.3, -0.25) is 0 Å². The maximum absolute atomic E-state index is 6.02. The van der Waals surface area contributed by atoms with Gasteiger partial charge in [0.2, 0.25) is 0 Å². The van der Waals surface area contributed by atoms with E-state index in [2.05, 4.69) is 38.2 Å². The number of rotatable bonds is 6. The molecule has 0 aliphatic carbocycles. The predicted molar refractivity (Wildman–Crippen MR) is 75.5 cm³/mol. The van der Waals surface area contributed by atoms with Crippen LogP contribution in [0, 0.1) is 0 Å². The first-order valence-corrected chi connectivity index (χ1v) is 7.16. The number of hydrogen-bond donors (Lipinski definition) is 1. The van der Waals surface area contributed by atoms with E-state index in [1.807, 2.05) is 23.9 Å². The quantitative estimate of drug-likeness (QED) is 0.822. The highest BCUT2D eigenvalue weighted by molar-refractivity contribution is 7.99. The normalized spacial score (nSPS) is 13.1. The van der Waals surface area contributed by atoms with E-state index in [4.69, 9.17) is 11.6 Å². The predicted octanol–water partition coefficient (Wildman–Crippen LogP) is 4.13. The standard InChI is InChI=1S/C13H20ClNS/c1-4-15-13(9-16-10(2)3)11-6-5-7-12(14)8-11/h5-8,10,13,15H,4,9H2,1-3H3. The van der Waals surface area contributed by atoms with Crippen LogP contribution in [0.3, 0.4) is 0 Å². The summed E-state index contributed by atoms with van der Waals surface area (Å²) >= 11 is 7.99. The summed E-state index contributed by atoms with van der Waals surface area (Å²) < 4.78 is 0. The Bertz CT molecular complexity index is 315. The second kappa shape index (κ2) is 7.21. The lowest BCUT2D eigenvalue weighted by Crippen LogP contribution is -2.23. The fourth-order valence-corrected chi connectivity index (χ4v) is 2.62. The van der Waals surface area contributed by atoms with Crippen LogP contribution in [0.25, 0.3) is 0 Å². The fraction of sp³-hybridized carbons (Fsp3) is 0.538. The molecule has 3 heteroatoms. The molecule has 1 N–H and O–H groups in total. The van der Waals surface area contributed by atoms with Gasteiger partial charge in [-0.1, -0.05) is 44.5 Å². The Morgan fingerprint density at radius 2 is 2.12 bits per heavy atom. The zero-order valence-electron chi connectivity index (χ0n) is 10.2. The molecular weight excluding hydrogens is 238 g/mol. The number of hydrogen-bond acceptors (Lipinski definition) is 2. The highest BCUT2D eigenvalue weighted by Crippen LogP contribution is 2.23. The molecule has 1 atom stereocenters. The van der Waals surface area contributed by atoms with Crippen LogP contribution in [0.5, 0.6) is 0 Å². The Kier molecular flexibility index (Phi) is 6.25. The van der Waals surface area contributed by atoms with Crippen LogP contribution in [0.15, 0.2) is 24.3 Å². The van der Waals surface area contributed by atoms with Crippen LogP contribution in [-0.2, 0) is 0 Å². The molecule has 0 saturated carbocycles. The van der Waals surface area contributed by atoms with E-state index in [-0.39, 0.29) is 0 Å². The van der Waals surface area contributed by atoms with Crippen molar-refractivity contribution in [3.8, 4) is 0 Å². The van der Waals surface area contributed by atoms with Crippen LogP contribution >= 0.6 is 23.4 Å². The van der Waals surface area contributed by atoms with Crippen LogP contribution in [0.2, 0.25) is 5.02 Å². The van der Waals surface area contributed by atoms with Gasteiger partial charge in [0.1, 0.15) is 0 Å². The summed E-state index contributed by atoms with van der Waals surface area (Å²) in [5, 5.41) is 4.98. The number of nitrogens with one attached hydrogen (secondary N) is 1. The van der Waals surface area contributed by atoms with Gasteiger partial charge >= 0.3 is 0 Å². The molecule has 0 radical (unpaired) electrons. The Morgan fingerprint density at radius 3 is 2.69 bits per heavy atom. The summed E-state index contributed by atoms with van der Waals surface area (Å²) in [5.41, 5.74) is 1.28. The van der Waals surface area contributed by atoms with Crippen LogP contribution in [0.1, 0.15) is 32.4 Å². The summed E-state index contributed by atoms with van der Waals surface area (Å²) in [6.45, 7) is 7.57. The average Bonchev–Trinajstić information content (AvgIpc) is 2.24. The molecule has 0 aliphatic heterocycles. The van der Waals surface area contributed by atoms with Crippen molar-refractivity contribution in [2.45, 2.75) is 32.1 Å². The van der Waals surface area contributed by atoms with Crippen molar-refractivity contribution in [1.82, 2.24) is 5.32 Å². The zero-order valence-corrected chi connectivity index (χ0v) is 11.7. The summed E-state index contributed by atoms with van der Waals surface area (Å²) in [5.74, 6) is 1.09. The van der Waals surface area contributed by atoms with E-state index in [0.717, 1.165) is 17.3 Å². The van der Waals surface area contributed by atoms with E-state index in [0.29, 0.717) is 11.3 Å². The summed E-state index contributed by atoms with van der Waals surface area (Å²) in [6.07, 6.45) is 0. The Hall–Kier alpha value is -0.180. The number of halogens is 1. The first-order chi connectivity index (χ1) is 7.63. The van der Waals surface area contributed by atoms with Gasteiger partial charge in [-0.2, -0.15) is 11.8 Å². The van der Waals surface area contributed by atoms with Gasteiger partial charge in [0.15, 0.2) is 0 Å². The first kappa shape index (κ1) is 13.9. The van der Waals surface area contributed by atoms with Crippen molar-refractivity contribution in [2.24, 2.45) is 0 Å². The van der Waals surface area contributed by atoms with Gasteiger partial charge < -0.3 is 5.32 Å². The smallest absolute Gasteiger partial charge is 0.0412 e. The molecule has 0 heterocycles. The Morgan fingerprint density at radius 1 is 1.38 bits per heavy atom. The van der Waals surface area contributed by atoms with E-state index in [1.165, 1.54) is 5.56 Å². The maximum atomic E-state index is 6.02. The summed E-state index contributed by atoms with van der Waals surface area (Å²) in [6, 6.07) is 8.53. The molecule has 90 valence electrons. The highest BCUT2D eigenvalue weighted by Gasteiger charge is 2.11. The molecule has 0 bridgehead atoms. The second-order valence-corrected chi connectivity index (χ2v) is 6.09. The largest absolute Gasteiger partial charge is 0.310 e. The molecule has 0 aromatic heterocycles. The van der Waals surface area contributed by atoms with Crippen molar-refractivity contribution in [3.05, 3.63) is 34.9 Å². The molecule has 1 rings (SSSR count). The fourth-order valence-electron chi connectivity index (χ4n) is 1.53. The minimum atomic E-state index is 0.399. The monoisotopic (exact) mass is 257 g/mol. The van der Waals surface area contributed by atoms with E-state index >= 15 is 0 Å². The van der Waals surface area contributed by atoms with Crippen molar-refractivity contribution in [3.63, 3.8) is 0 Å². The molecule has 1 aromatic rings. The van der Waals surface area contributed by atoms with Gasteiger partial charge in [-0.05, 0) is 29.5 Å². The third-order valence-corrected chi connectivity index (χ3v) is 3.73. The minimum absolute atomic E-state index is 0.399. The lowest BCUT2D eigenvalue weighted by molar-refractivity contribution is 0.605. The van der Waals surface area contributed by atoms with Gasteiger partial charge in [-0.15, -0.1) is 0 Å². The summed E-state index contributed by atoms with van der Waals surface area (Å²) in [4.78, 5) is 0. The van der Waals surface area contributed by atoms with Gasteiger partial charge in [0, 0.05) is 16.8 Å². The molecule has 0 spiro atoms. The molecule has 0 aliphatic rings. The molecule has 0 amide bonds. The molecule has 16 heavy (non-hydrogen) atoms. The second-order valence-electron chi connectivity index (χ2n) is 4.05. The van der Waals surface area contributed by atoms with Crippen LogP contribution in [-0.4, -0.2) is 17.5 Å². The SMILES string of the molecule is CCNC(CSC(C)C)c1cccc(Cl)c1. The minimum Gasteiger partial charge on any atom is -0.310 e. The van der Waals surface area contributed by atoms with Gasteiger partial charge in [0.25, 0.3) is 0 Å². The average molecular weight is 258 g/mol. The van der Waals surface area contributed by atoms with E-state index < -0.39 is 0 Å². The third-order valence-electron chi connectivity index (χ3n) is 2.30. The van der Waals surface area contributed by atoms with Crippen LogP contribution < -0.4 is 5.32 Å².